The molecule has 2 aromatic rings. The molecule has 6 nitrogen and oxygen atoms in total. The third kappa shape index (κ3) is 6.90. The Morgan fingerprint density at radius 2 is 1.97 bits per heavy atom. The maximum absolute atomic E-state index is 12.7. The first-order valence-electron chi connectivity index (χ1n) is 8.29. The van der Waals surface area contributed by atoms with Gasteiger partial charge in [-0.05, 0) is 64.8 Å². The van der Waals surface area contributed by atoms with E-state index in [1.165, 1.54) is 12.3 Å². The number of alkyl halides is 3. The second-order valence-corrected chi connectivity index (χ2v) is 6.42. The van der Waals surface area contributed by atoms with Crippen molar-refractivity contribution >= 4 is 34.0 Å². The number of amides is 1. The van der Waals surface area contributed by atoms with Gasteiger partial charge in [-0.3, -0.25) is 4.79 Å². The van der Waals surface area contributed by atoms with E-state index in [1.54, 1.807) is 25.1 Å². The molecule has 0 aliphatic carbocycles. The largest absolute Gasteiger partial charge is 0.481 e. The van der Waals surface area contributed by atoms with Gasteiger partial charge in [0.2, 0.25) is 0 Å². The van der Waals surface area contributed by atoms with Crippen LogP contribution >= 0.6 is 15.9 Å². The molecule has 0 atom stereocenters. The van der Waals surface area contributed by atoms with Crippen molar-refractivity contribution in [3.63, 3.8) is 0 Å². The Kier molecular flexibility index (Phi) is 7.77. The first-order valence-corrected chi connectivity index (χ1v) is 9.08. The van der Waals surface area contributed by atoms with E-state index in [0.29, 0.717) is 15.8 Å². The van der Waals surface area contributed by atoms with Crippen LogP contribution in [0.1, 0.15) is 28.4 Å². The van der Waals surface area contributed by atoms with Gasteiger partial charge in [-0.15, -0.1) is 0 Å². The molecular formula is C19H16BrF3N2O4. The lowest BCUT2D eigenvalue weighted by atomic mass is 10.1. The summed E-state index contributed by atoms with van der Waals surface area (Å²) in [5.41, 5.74) is 1.66. The number of nitrogens with one attached hydrogen (secondary N) is 1. The predicted octanol–water partition coefficient (Wildman–Crippen LogP) is 4.17. The molecule has 0 unspecified atom stereocenters. The third-order valence-electron chi connectivity index (χ3n) is 3.44. The van der Waals surface area contributed by atoms with Crippen molar-refractivity contribution in [3.05, 3.63) is 63.6 Å². The number of hydrogen-bond acceptors (Lipinski definition) is 5. The summed E-state index contributed by atoms with van der Waals surface area (Å²) >= 11 is 3.29. The second-order valence-electron chi connectivity index (χ2n) is 5.56. The van der Waals surface area contributed by atoms with Crippen LogP contribution in [0.4, 0.5) is 13.2 Å². The first-order chi connectivity index (χ1) is 13.7. The van der Waals surface area contributed by atoms with E-state index in [0.717, 1.165) is 18.2 Å². The van der Waals surface area contributed by atoms with Crippen LogP contribution in [0.5, 0.6) is 5.75 Å². The number of carbonyl (C=O) groups excluding carboxylic acids is 2. The molecule has 0 bridgehead atoms. The lowest BCUT2D eigenvalue weighted by molar-refractivity contribution is -0.145. The molecule has 0 heterocycles. The van der Waals surface area contributed by atoms with Gasteiger partial charge in [-0.25, -0.2) is 10.2 Å². The van der Waals surface area contributed by atoms with Gasteiger partial charge in [0.15, 0.2) is 6.61 Å². The molecule has 0 radical (unpaired) electrons. The fraction of sp³-hybridized carbons (Fsp3) is 0.211. The lowest BCUT2D eigenvalue weighted by Gasteiger charge is -2.08. The number of hydrazone groups is 1. The van der Waals surface area contributed by atoms with Crippen molar-refractivity contribution in [1.29, 1.82) is 0 Å². The molecule has 154 valence electrons. The summed E-state index contributed by atoms with van der Waals surface area (Å²) in [6.45, 7) is 1.70. The van der Waals surface area contributed by atoms with Crippen molar-refractivity contribution in [2.24, 2.45) is 5.10 Å². The Morgan fingerprint density at radius 1 is 1.21 bits per heavy atom. The van der Waals surface area contributed by atoms with Gasteiger partial charge in [0, 0.05) is 5.56 Å². The van der Waals surface area contributed by atoms with E-state index in [-0.39, 0.29) is 18.8 Å². The van der Waals surface area contributed by atoms with Crippen molar-refractivity contribution in [2.45, 2.75) is 13.1 Å². The molecule has 2 aromatic carbocycles. The third-order valence-corrected chi connectivity index (χ3v) is 4.06. The van der Waals surface area contributed by atoms with Crippen LogP contribution < -0.4 is 10.2 Å². The number of esters is 1. The molecule has 0 aliphatic rings. The summed E-state index contributed by atoms with van der Waals surface area (Å²) in [5, 5.41) is 3.74. The highest BCUT2D eigenvalue weighted by atomic mass is 79.9. The van der Waals surface area contributed by atoms with E-state index in [2.05, 4.69) is 26.5 Å². The zero-order valence-corrected chi connectivity index (χ0v) is 16.7. The number of halogens is 4. The predicted molar refractivity (Wildman–Crippen MR) is 103 cm³/mol. The van der Waals surface area contributed by atoms with E-state index >= 15 is 0 Å². The monoisotopic (exact) mass is 472 g/mol. The van der Waals surface area contributed by atoms with Gasteiger partial charge >= 0.3 is 12.1 Å². The van der Waals surface area contributed by atoms with E-state index in [9.17, 15) is 22.8 Å². The maximum atomic E-state index is 12.7. The molecule has 29 heavy (non-hydrogen) atoms. The molecule has 1 amide bonds. The number of hydrogen-bond donors (Lipinski definition) is 1. The second kappa shape index (κ2) is 10.1. The Bertz CT molecular complexity index is 917. The van der Waals surface area contributed by atoms with E-state index < -0.39 is 23.6 Å². The number of rotatable bonds is 7. The standard InChI is InChI=1S/C19H16BrF3N2O4/c1-2-28-17(26)11-29-16-7-6-12(8-15(16)20)10-24-25-18(27)13-4-3-5-14(9-13)19(21,22)23/h3-10H,2,11H2,1H3,(H,25,27)/b24-10-. The smallest absolute Gasteiger partial charge is 0.416 e. The van der Waals surface area contributed by atoms with Gasteiger partial charge in [-0.1, -0.05) is 6.07 Å². The molecule has 0 spiro atoms. The lowest BCUT2D eigenvalue weighted by Crippen LogP contribution is -2.18. The van der Waals surface area contributed by atoms with Gasteiger partial charge in [0.25, 0.3) is 5.91 Å². The van der Waals surface area contributed by atoms with Crippen molar-refractivity contribution in [2.75, 3.05) is 13.2 Å². The number of carbonyl (C=O) groups is 2. The number of nitrogens with zero attached hydrogens (tertiary/aromatic N) is 1. The Labute approximate surface area is 172 Å². The molecule has 1 N–H and O–H groups in total. The minimum atomic E-state index is -4.54. The summed E-state index contributed by atoms with van der Waals surface area (Å²) in [4.78, 5) is 23.3. The zero-order chi connectivity index (χ0) is 21.4. The van der Waals surface area contributed by atoms with Crippen LogP contribution in [0.2, 0.25) is 0 Å². The average Bonchev–Trinajstić information content (AvgIpc) is 2.67. The van der Waals surface area contributed by atoms with E-state index in [1.807, 2.05) is 0 Å². The Balaban J connectivity index is 1.97. The molecule has 10 heteroatoms. The van der Waals surface area contributed by atoms with E-state index in [4.69, 9.17) is 9.47 Å². The van der Waals surface area contributed by atoms with Crippen LogP contribution in [0.15, 0.2) is 52.0 Å². The van der Waals surface area contributed by atoms with Crippen LogP contribution in [0.25, 0.3) is 0 Å². The first kappa shape index (κ1) is 22.4. The fourth-order valence-electron chi connectivity index (χ4n) is 2.12. The summed E-state index contributed by atoms with van der Waals surface area (Å²) in [5.74, 6) is -0.869. The van der Waals surface area contributed by atoms with Gasteiger partial charge < -0.3 is 9.47 Å². The highest BCUT2D eigenvalue weighted by molar-refractivity contribution is 9.10. The zero-order valence-electron chi connectivity index (χ0n) is 15.1. The normalized spacial score (nSPS) is 11.3. The summed E-state index contributed by atoms with van der Waals surface area (Å²) in [6, 6.07) is 8.85. The van der Waals surface area contributed by atoms with Crippen LogP contribution in [-0.2, 0) is 15.7 Å². The fourth-order valence-corrected chi connectivity index (χ4v) is 2.63. The minimum Gasteiger partial charge on any atom is -0.481 e. The highest BCUT2D eigenvalue weighted by Gasteiger charge is 2.30. The highest BCUT2D eigenvalue weighted by Crippen LogP contribution is 2.29. The van der Waals surface area contributed by atoms with Crippen molar-refractivity contribution < 1.29 is 32.2 Å². The molecular weight excluding hydrogens is 457 g/mol. The average molecular weight is 473 g/mol. The van der Waals surface area contributed by atoms with Gasteiger partial charge in [0.1, 0.15) is 5.75 Å². The van der Waals surface area contributed by atoms with Crippen LogP contribution in [0.3, 0.4) is 0 Å². The molecule has 0 aromatic heterocycles. The number of ether oxygens (including phenoxy) is 2. The maximum Gasteiger partial charge on any atom is 0.416 e. The minimum absolute atomic E-state index is 0.166. The molecule has 0 aliphatic heterocycles. The molecule has 0 fully saturated rings. The quantitative estimate of drug-likeness (QED) is 0.372. The summed E-state index contributed by atoms with van der Waals surface area (Å²) in [6.07, 6.45) is -3.23. The molecule has 2 rings (SSSR count). The number of benzene rings is 2. The molecule has 0 saturated carbocycles. The van der Waals surface area contributed by atoms with Gasteiger partial charge in [-0.2, -0.15) is 18.3 Å². The molecule has 0 saturated heterocycles. The SMILES string of the molecule is CCOC(=O)COc1ccc(/C=N\NC(=O)c2cccc(C(F)(F)F)c2)cc1Br. The van der Waals surface area contributed by atoms with Crippen LogP contribution in [-0.4, -0.2) is 31.3 Å². The Morgan fingerprint density at radius 3 is 2.62 bits per heavy atom. The van der Waals surface area contributed by atoms with Crippen LogP contribution in [0, 0.1) is 0 Å². The Hall–Kier alpha value is -2.88. The summed E-state index contributed by atoms with van der Waals surface area (Å²) in [7, 11) is 0. The van der Waals surface area contributed by atoms with Crippen molar-refractivity contribution in [1.82, 2.24) is 5.43 Å². The van der Waals surface area contributed by atoms with Gasteiger partial charge in [0.05, 0.1) is 22.9 Å². The summed E-state index contributed by atoms with van der Waals surface area (Å²) < 4.78 is 48.7. The topological polar surface area (TPSA) is 77.0 Å². The van der Waals surface area contributed by atoms with Crippen molar-refractivity contribution in [3.8, 4) is 5.75 Å².